The molecule has 4 aromatic rings. The first kappa shape index (κ1) is 74.1. The summed E-state index contributed by atoms with van der Waals surface area (Å²) < 4.78 is 0. The summed E-state index contributed by atoms with van der Waals surface area (Å²) in [4.78, 5) is 17.1. The van der Waals surface area contributed by atoms with Crippen LogP contribution in [0.4, 0.5) is 0 Å². The molecule has 4 aromatic heterocycles. The molecular weight excluding hydrogens is 729 g/mol. The van der Waals surface area contributed by atoms with Gasteiger partial charge in [-0.1, -0.05) is 208 Å². The van der Waals surface area contributed by atoms with Gasteiger partial charge in [0.05, 0.1) is 0 Å². The van der Waals surface area contributed by atoms with Crippen molar-refractivity contribution < 1.29 is 0 Å². The third-order valence-corrected chi connectivity index (χ3v) is 8.34. The summed E-state index contributed by atoms with van der Waals surface area (Å²) >= 11 is 0. The second-order valence-corrected chi connectivity index (χ2v) is 15.2. The van der Waals surface area contributed by atoms with Crippen molar-refractivity contribution in [1.29, 1.82) is 0 Å². The van der Waals surface area contributed by atoms with E-state index in [0.29, 0.717) is 47.3 Å². The molecule has 0 fully saturated rings. The second-order valence-electron chi connectivity index (χ2n) is 15.2. The monoisotopic (exact) mass is 837 g/mol. The first-order chi connectivity index (χ1) is 26.5. The van der Waals surface area contributed by atoms with Crippen molar-refractivity contribution in [2.24, 2.45) is 0 Å². The van der Waals surface area contributed by atoms with Crippen LogP contribution in [0.2, 0.25) is 0 Å². The highest BCUT2D eigenvalue weighted by atomic mass is 14.7. The quantitative estimate of drug-likeness (QED) is 0.177. The summed E-state index contributed by atoms with van der Waals surface area (Å²) in [6.45, 7) is 51.3. The van der Waals surface area contributed by atoms with Crippen LogP contribution in [0.25, 0.3) is 0 Å². The number of hydrogen-bond acceptors (Lipinski definition) is 4. The van der Waals surface area contributed by atoms with E-state index >= 15 is 0 Å². The number of rotatable bonds is 8. The summed E-state index contributed by atoms with van der Waals surface area (Å²) in [5.41, 5.74) is 10.9. The first-order valence-electron chi connectivity index (χ1n) is 22.3. The third-order valence-electron chi connectivity index (χ3n) is 8.34. The Balaban J connectivity index is -0.0000000926. The van der Waals surface area contributed by atoms with Gasteiger partial charge in [-0.25, -0.2) is 0 Å². The summed E-state index contributed by atoms with van der Waals surface area (Å²) in [5.74, 6) is 4.59. The van der Waals surface area contributed by atoms with Crippen molar-refractivity contribution in [3.05, 3.63) is 118 Å². The molecule has 4 heterocycles. The van der Waals surface area contributed by atoms with Crippen LogP contribution in [0.3, 0.4) is 0 Å². The Bertz CT molecular complexity index is 1120. The Morgan fingerprint density at radius 1 is 0.283 bits per heavy atom. The van der Waals surface area contributed by atoms with Gasteiger partial charge in [-0.05, 0) is 105 Å². The molecule has 352 valence electrons. The molecule has 0 amide bonds. The van der Waals surface area contributed by atoms with Gasteiger partial charge in [0.2, 0.25) is 0 Å². The Kier molecular flexibility index (Phi) is 55.7. The minimum Gasteiger partial charge on any atom is -0.264 e. The highest BCUT2D eigenvalue weighted by Crippen LogP contribution is 2.26. The van der Waals surface area contributed by atoms with Crippen molar-refractivity contribution in [1.82, 2.24) is 19.9 Å². The normalized spacial score (nSPS) is 9.33. The fourth-order valence-electron chi connectivity index (χ4n) is 5.65. The molecule has 0 saturated carbocycles. The van der Waals surface area contributed by atoms with Crippen LogP contribution in [0.1, 0.15) is 288 Å². The van der Waals surface area contributed by atoms with E-state index in [1.54, 1.807) is 0 Å². The molecule has 4 nitrogen and oxygen atoms in total. The summed E-state index contributed by atoms with van der Waals surface area (Å²) in [5, 5.41) is 0. The highest BCUT2D eigenvalue weighted by Gasteiger charge is 2.11. The van der Waals surface area contributed by atoms with Gasteiger partial charge in [-0.2, -0.15) is 0 Å². The number of aromatic nitrogens is 4. The van der Waals surface area contributed by atoms with Crippen molar-refractivity contribution >= 4 is 0 Å². The van der Waals surface area contributed by atoms with Crippen LogP contribution < -0.4 is 0 Å². The Morgan fingerprint density at radius 3 is 0.683 bits per heavy atom. The van der Waals surface area contributed by atoms with Gasteiger partial charge in [0.15, 0.2) is 0 Å². The maximum atomic E-state index is 4.40. The Hall–Kier alpha value is -3.40. The second kappa shape index (κ2) is 45.1. The van der Waals surface area contributed by atoms with Crippen LogP contribution in [-0.4, -0.2) is 19.9 Å². The molecule has 0 N–H and O–H groups in total. The van der Waals surface area contributed by atoms with Crippen LogP contribution in [0.15, 0.2) is 73.6 Å². The molecule has 0 aromatic carbocycles. The van der Waals surface area contributed by atoms with Crippen molar-refractivity contribution in [2.75, 3.05) is 0 Å². The fraction of sp³-hybridized carbons (Fsp3) is 0.643. The number of hydrogen-bond donors (Lipinski definition) is 0. The summed E-state index contributed by atoms with van der Waals surface area (Å²) in [7, 11) is 0. The van der Waals surface area contributed by atoms with Gasteiger partial charge < -0.3 is 0 Å². The van der Waals surface area contributed by atoms with Gasteiger partial charge in [-0.3, -0.25) is 19.9 Å². The number of nitrogens with zero attached hydrogens (tertiary/aromatic N) is 4. The largest absolute Gasteiger partial charge is 0.264 e. The molecule has 4 rings (SSSR count). The van der Waals surface area contributed by atoms with Gasteiger partial charge in [-0.15, -0.1) is 0 Å². The number of pyridine rings is 4. The van der Waals surface area contributed by atoms with E-state index in [9.17, 15) is 0 Å². The molecule has 0 atom stereocenters. The van der Waals surface area contributed by atoms with Crippen LogP contribution in [-0.2, 0) is 0 Å². The minimum atomic E-state index is 0. The zero-order chi connectivity index (χ0) is 44.6. The summed E-state index contributed by atoms with van der Waals surface area (Å²) in [6.07, 6.45) is 11.5. The van der Waals surface area contributed by atoms with Gasteiger partial charge in [0.1, 0.15) is 0 Å². The zero-order valence-corrected chi connectivity index (χ0v) is 41.3. The SMILES string of the molecule is C.C.C.C.CC.CC.CC.CC.CC(C)c1cccnc1C(C)C.CC(C)c1cccnc1C(C)C.CC(C)c1ccncc1C(C)C.CC(C)c1ccncc1C(C)C. The highest BCUT2D eigenvalue weighted by molar-refractivity contribution is 5.30. The van der Waals surface area contributed by atoms with E-state index in [-0.39, 0.29) is 29.7 Å². The lowest BCUT2D eigenvalue weighted by atomic mass is 9.93. The van der Waals surface area contributed by atoms with Gasteiger partial charge in [0.25, 0.3) is 0 Å². The average Bonchev–Trinajstić information content (AvgIpc) is 3.21. The maximum absolute atomic E-state index is 4.40. The van der Waals surface area contributed by atoms with E-state index in [1.807, 2.05) is 105 Å². The van der Waals surface area contributed by atoms with E-state index in [4.69, 9.17) is 0 Å². The first-order valence-corrected chi connectivity index (χ1v) is 22.3. The predicted octanol–water partition coefficient (Wildman–Crippen LogP) is 20.0. The van der Waals surface area contributed by atoms with Gasteiger partial charge >= 0.3 is 0 Å². The molecule has 0 unspecified atom stereocenters. The molecule has 0 aliphatic heterocycles. The fourth-order valence-corrected chi connectivity index (χ4v) is 5.65. The maximum Gasteiger partial charge on any atom is 0.0463 e. The molecule has 0 aliphatic carbocycles. The molecular formula is C56H108N4. The third kappa shape index (κ3) is 29.8. The predicted molar refractivity (Wildman–Crippen MR) is 282 cm³/mol. The lowest BCUT2D eigenvalue weighted by Crippen LogP contribution is -2.00. The average molecular weight is 838 g/mol. The van der Waals surface area contributed by atoms with Crippen molar-refractivity contribution in [3.8, 4) is 0 Å². The minimum absolute atomic E-state index is 0. The topological polar surface area (TPSA) is 51.6 Å². The van der Waals surface area contributed by atoms with Gasteiger partial charge in [0, 0.05) is 48.6 Å². The van der Waals surface area contributed by atoms with E-state index in [1.165, 1.54) is 44.8 Å². The van der Waals surface area contributed by atoms with E-state index < -0.39 is 0 Å². The van der Waals surface area contributed by atoms with Crippen LogP contribution in [0.5, 0.6) is 0 Å². The smallest absolute Gasteiger partial charge is 0.0463 e. The molecule has 0 aliphatic rings. The summed E-state index contributed by atoms with van der Waals surface area (Å²) in [6, 6.07) is 12.6. The lowest BCUT2D eigenvalue weighted by molar-refractivity contribution is 0.757. The van der Waals surface area contributed by atoms with Crippen molar-refractivity contribution in [3.63, 3.8) is 0 Å². The lowest BCUT2D eigenvalue weighted by Gasteiger charge is -2.14. The van der Waals surface area contributed by atoms with Crippen LogP contribution in [0, 0.1) is 0 Å². The molecule has 4 heteroatoms. The molecule has 60 heavy (non-hydrogen) atoms. The molecule has 0 radical (unpaired) electrons. The van der Waals surface area contributed by atoms with E-state index in [2.05, 4.69) is 155 Å². The Morgan fingerprint density at radius 2 is 0.517 bits per heavy atom. The Labute approximate surface area is 380 Å². The zero-order valence-electron chi connectivity index (χ0n) is 41.3. The van der Waals surface area contributed by atoms with E-state index in [0.717, 1.165) is 0 Å². The standard InChI is InChI=1S/4C11H17N.4C2H6.4CH4/c2*1-8(2)10-5-6-12-7-11(10)9(3)4;2*1-8(2)10-6-5-7-12-11(10)9(3)4;4*1-2;;;;/h4*5-9H,1-4H3;4*1-2H3;4*1H4. The molecule has 0 bridgehead atoms. The van der Waals surface area contributed by atoms with Crippen molar-refractivity contribution in [2.45, 2.75) is 243 Å². The molecule has 0 spiro atoms. The molecule has 0 saturated heterocycles. The van der Waals surface area contributed by atoms with Crippen LogP contribution >= 0.6 is 0 Å².